The van der Waals surface area contributed by atoms with Crippen LogP contribution in [0, 0.1) is 0 Å². The summed E-state index contributed by atoms with van der Waals surface area (Å²) in [6.45, 7) is 2.31. The van der Waals surface area contributed by atoms with Gasteiger partial charge >= 0.3 is 0 Å². The Morgan fingerprint density at radius 2 is 1.67 bits per heavy atom. The van der Waals surface area contributed by atoms with Gasteiger partial charge in [0.2, 0.25) is 0 Å². The molecule has 0 spiro atoms. The van der Waals surface area contributed by atoms with E-state index in [9.17, 15) is 0 Å². The van der Waals surface area contributed by atoms with Crippen LogP contribution >= 0.6 is 0 Å². The standard InChI is InChI=1S/C19H29NO7/c1-21-17-16-15(26-19(17)22-2)14(12-24-11-10-23-9-8-20)25-18(27-16)13-6-4-3-5-7-13/h3-7,14-19H,8-12,20H2,1-2H3/t14?,15-,16-,17?,18?,19+/m1/s1. The zero-order valence-corrected chi connectivity index (χ0v) is 15.8. The number of rotatable bonds is 10. The average Bonchev–Trinajstić information content (AvgIpc) is 3.09. The van der Waals surface area contributed by atoms with Gasteiger partial charge in [0.1, 0.15) is 24.4 Å². The highest BCUT2D eigenvalue weighted by molar-refractivity contribution is 5.17. The number of hydrogen-bond donors (Lipinski definition) is 1. The third-order valence-corrected chi connectivity index (χ3v) is 4.65. The van der Waals surface area contributed by atoms with Crippen LogP contribution in [0.3, 0.4) is 0 Å². The van der Waals surface area contributed by atoms with Gasteiger partial charge in [-0.1, -0.05) is 30.3 Å². The number of benzene rings is 1. The monoisotopic (exact) mass is 383 g/mol. The SMILES string of the molecule is COC1[C@@H](OC)O[C@@H]2C(COCCOCCN)OC(c3ccccc3)O[C@@H]12. The largest absolute Gasteiger partial charge is 0.378 e. The highest BCUT2D eigenvalue weighted by atomic mass is 16.8. The van der Waals surface area contributed by atoms with Gasteiger partial charge in [-0.15, -0.1) is 0 Å². The van der Waals surface area contributed by atoms with Gasteiger partial charge in [0, 0.05) is 26.3 Å². The van der Waals surface area contributed by atoms with E-state index < -0.39 is 12.6 Å². The fraction of sp³-hybridized carbons (Fsp3) is 0.684. The zero-order valence-electron chi connectivity index (χ0n) is 15.8. The van der Waals surface area contributed by atoms with Gasteiger partial charge in [0.15, 0.2) is 12.6 Å². The molecule has 2 N–H and O–H groups in total. The maximum absolute atomic E-state index is 6.18. The lowest BCUT2D eigenvalue weighted by Crippen LogP contribution is -2.50. The predicted molar refractivity (Wildman–Crippen MR) is 96.1 cm³/mol. The molecule has 0 bridgehead atoms. The van der Waals surface area contributed by atoms with E-state index in [1.54, 1.807) is 14.2 Å². The minimum absolute atomic E-state index is 0.318. The van der Waals surface area contributed by atoms with Gasteiger partial charge in [-0.25, -0.2) is 0 Å². The summed E-state index contributed by atoms with van der Waals surface area (Å²) in [5.74, 6) is 0. The fourth-order valence-corrected chi connectivity index (χ4v) is 3.36. The quantitative estimate of drug-likeness (QED) is 0.595. The fourth-order valence-electron chi connectivity index (χ4n) is 3.36. The summed E-state index contributed by atoms with van der Waals surface area (Å²) in [5.41, 5.74) is 6.33. The third kappa shape index (κ3) is 5.04. The molecule has 6 atom stereocenters. The molecule has 1 aromatic carbocycles. The summed E-state index contributed by atoms with van der Waals surface area (Å²) in [6.07, 6.45) is -2.36. The van der Waals surface area contributed by atoms with Crippen LogP contribution in [-0.2, 0) is 33.2 Å². The summed E-state index contributed by atoms with van der Waals surface area (Å²) in [7, 11) is 3.21. The molecule has 0 amide bonds. The second kappa shape index (κ2) is 10.4. The van der Waals surface area contributed by atoms with Gasteiger partial charge in [0.05, 0.1) is 26.4 Å². The second-order valence-corrected chi connectivity index (χ2v) is 6.40. The number of ether oxygens (including phenoxy) is 7. The smallest absolute Gasteiger partial charge is 0.186 e. The summed E-state index contributed by atoms with van der Waals surface area (Å²) in [6, 6.07) is 9.79. The van der Waals surface area contributed by atoms with Crippen molar-refractivity contribution in [3.8, 4) is 0 Å². The van der Waals surface area contributed by atoms with Crippen molar-refractivity contribution in [1.29, 1.82) is 0 Å². The van der Waals surface area contributed by atoms with Crippen LogP contribution in [0.5, 0.6) is 0 Å². The van der Waals surface area contributed by atoms with E-state index in [-0.39, 0.29) is 24.4 Å². The number of methoxy groups -OCH3 is 2. The number of fused-ring (bicyclic) bond motifs is 1. The van der Waals surface area contributed by atoms with Gasteiger partial charge in [-0.05, 0) is 0 Å². The molecule has 0 radical (unpaired) electrons. The van der Waals surface area contributed by atoms with Crippen molar-refractivity contribution < 1.29 is 33.2 Å². The Morgan fingerprint density at radius 1 is 0.889 bits per heavy atom. The van der Waals surface area contributed by atoms with Gasteiger partial charge in [0.25, 0.3) is 0 Å². The van der Waals surface area contributed by atoms with E-state index in [4.69, 9.17) is 38.9 Å². The lowest BCUT2D eigenvalue weighted by atomic mass is 10.0. The van der Waals surface area contributed by atoms with Crippen LogP contribution in [0.15, 0.2) is 30.3 Å². The highest BCUT2D eigenvalue weighted by Crippen LogP contribution is 2.39. The Bertz CT molecular complexity index is 546. The summed E-state index contributed by atoms with van der Waals surface area (Å²) in [5, 5.41) is 0. The van der Waals surface area contributed by atoms with Crippen molar-refractivity contribution in [2.75, 3.05) is 47.2 Å². The van der Waals surface area contributed by atoms with Crippen LogP contribution in [0.25, 0.3) is 0 Å². The van der Waals surface area contributed by atoms with Crippen molar-refractivity contribution in [2.45, 2.75) is 37.0 Å². The molecule has 8 heteroatoms. The van der Waals surface area contributed by atoms with Crippen molar-refractivity contribution in [1.82, 2.24) is 0 Å². The Kier molecular flexibility index (Phi) is 7.98. The van der Waals surface area contributed by atoms with Gasteiger partial charge in [-0.2, -0.15) is 0 Å². The van der Waals surface area contributed by atoms with E-state index in [0.29, 0.717) is 33.0 Å². The molecule has 2 heterocycles. The molecule has 27 heavy (non-hydrogen) atoms. The molecule has 3 unspecified atom stereocenters. The molecule has 2 fully saturated rings. The molecule has 0 saturated carbocycles. The minimum atomic E-state index is -0.522. The van der Waals surface area contributed by atoms with E-state index in [1.165, 1.54) is 0 Å². The molecule has 0 aliphatic carbocycles. The molecule has 152 valence electrons. The average molecular weight is 383 g/mol. The van der Waals surface area contributed by atoms with E-state index in [2.05, 4.69) is 0 Å². The van der Waals surface area contributed by atoms with Crippen LogP contribution in [0.2, 0.25) is 0 Å². The topological polar surface area (TPSA) is 90.6 Å². The molecule has 0 aromatic heterocycles. The molecular weight excluding hydrogens is 354 g/mol. The maximum atomic E-state index is 6.18. The first-order valence-electron chi connectivity index (χ1n) is 9.21. The van der Waals surface area contributed by atoms with Crippen molar-refractivity contribution in [3.05, 3.63) is 35.9 Å². The lowest BCUT2D eigenvalue weighted by molar-refractivity contribution is -0.294. The van der Waals surface area contributed by atoms with E-state index >= 15 is 0 Å². The van der Waals surface area contributed by atoms with Crippen LogP contribution in [0.4, 0.5) is 0 Å². The Morgan fingerprint density at radius 3 is 2.37 bits per heavy atom. The molecule has 2 aliphatic heterocycles. The van der Waals surface area contributed by atoms with Crippen LogP contribution in [-0.4, -0.2) is 77.9 Å². The highest BCUT2D eigenvalue weighted by Gasteiger charge is 2.54. The molecule has 8 nitrogen and oxygen atoms in total. The predicted octanol–water partition coefficient (Wildman–Crippen LogP) is 0.847. The molecule has 2 saturated heterocycles. The molecule has 1 aromatic rings. The van der Waals surface area contributed by atoms with Gasteiger partial charge < -0.3 is 38.9 Å². The third-order valence-electron chi connectivity index (χ3n) is 4.65. The molecule has 3 rings (SSSR count). The van der Waals surface area contributed by atoms with Crippen molar-refractivity contribution >= 4 is 0 Å². The summed E-state index contributed by atoms with van der Waals surface area (Å²) >= 11 is 0. The normalized spacial score (nSPS) is 33.1. The van der Waals surface area contributed by atoms with Gasteiger partial charge in [-0.3, -0.25) is 0 Å². The molecular formula is C19H29NO7. The van der Waals surface area contributed by atoms with E-state index in [0.717, 1.165) is 5.56 Å². The number of hydrogen-bond acceptors (Lipinski definition) is 8. The minimum Gasteiger partial charge on any atom is -0.378 e. The zero-order chi connectivity index (χ0) is 19.1. The maximum Gasteiger partial charge on any atom is 0.186 e. The second-order valence-electron chi connectivity index (χ2n) is 6.40. The summed E-state index contributed by atoms with van der Waals surface area (Å²) < 4.78 is 40.4. The summed E-state index contributed by atoms with van der Waals surface area (Å²) in [4.78, 5) is 0. The van der Waals surface area contributed by atoms with Crippen molar-refractivity contribution in [3.63, 3.8) is 0 Å². The van der Waals surface area contributed by atoms with Crippen LogP contribution < -0.4 is 5.73 Å². The van der Waals surface area contributed by atoms with Crippen molar-refractivity contribution in [2.24, 2.45) is 5.73 Å². The Balaban J connectivity index is 1.66. The lowest BCUT2D eigenvalue weighted by Gasteiger charge is -2.38. The Hall–Kier alpha value is -1.10. The van der Waals surface area contributed by atoms with E-state index in [1.807, 2.05) is 30.3 Å². The first-order chi connectivity index (χ1) is 13.3. The number of nitrogens with two attached hydrogens (primary N) is 1. The molecule has 2 aliphatic rings. The van der Waals surface area contributed by atoms with Crippen LogP contribution in [0.1, 0.15) is 11.9 Å². The first kappa shape index (κ1) is 20.6. The first-order valence-corrected chi connectivity index (χ1v) is 9.21. The Labute approximate surface area is 159 Å².